The van der Waals surface area contributed by atoms with Crippen molar-refractivity contribution in [3.63, 3.8) is 0 Å². The Bertz CT molecular complexity index is 1240. The van der Waals surface area contributed by atoms with Crippen LogP contribution in [0.25, 0.3) is 0 Å². The Kier molecular flexibility index (Phi) is 5.63. The molecule has 2 heterocycles. The fraction of sp³-hybridized carbons (Fsp3) is 0.130. The summed E-state index contributed by atoms with van der Waals surface area (Å²) in [6, 6.07) is 10.4. The van der Waals surface area contributed by atoms with Crippen LogP contribution >= 0.6 is 11.6 Å². The molecule has 0 bridgehead atoms. The Morgan fingerprint density at radius 3 is 2.50 bits per heavy atom. The molecule has 1 amide bonds. The summed E-state index contributed by atoms with van der Waals surface area (Å²) < 4.78 is 29.6. The number of aliphatic hydroxyl groups is 1. The van der Waals surface area contributed by atoms with E-state index in [1.54, 1.807) is 18.2 Å². The van der Waals surface area contributed by atoms with Crippen LogP contribution in [0.3, 0.4) is 0 Å². The van der Waals surface area contributed by atoms with Gasteiger partial charge in [0.05, 0.1) is 37.1 Å². The number of hydrogen-bond acceptors (Lipinski definition) is 6. The highest BCUT2D eigenvalue weighted by Crippen LogP contribution is 2.44. The Labute approximate surface area is 187 Å². The van der Waals surface area contributed by atoms with Crippen molar-refractivity contribution < 1.29 is 33.0 Å². The first kappa shape index (κ1) is 21.5. The van der Waals surface area contributed by atoms with Crippen LogP contribution in [0.1, 0.15) is 22.2 Å². The van der Waals surface area contributed by atoms with E-state index in [0.717, 1.165) is 11.0 Å². The predicted octanol–water partition coefficient (Wildman–Crippen LogP) is 4.87. The van der Waals surface area contributed by atoms with Gasteiger partial charge in [0, 0.05) is 5.69 Å². The molecular weight excluding hydrogens is 441 g/mol. The van der Waals surface area contributed by atoms with E-state index in [4.69, 9.17) is 25.5 Å². The summed E-state index contributed by atoms with van der Waals surface area (Å²) >= 11 is 5.93. The maximum absolute atomic E-state index is 13.8. The minimum Gasteiger partial charge on any atom is -0.503 e. The normalized spacial score (nSPS) is 15.9. The van der Waals surface area contributed by atoms with Gasteiger partial charge < -0.3 is 19.0 Å². The molecule has 0 saturated carbocycles. The van der Waals surface area contributed by atoms with E-state index in [0.29, 0.717) is 17.1 Å². The maximum Gasteiger partial charge on any atom is 0.294 e. The molecule has 1 N–H and O–H groups in total. The molecule has 1 aliphatic rings. The molecule has 32 heavy (non-hydrogen) atoms. The summed E-state index contributed by atoms with van der Waals surface area (Å²) in [6.45, 7) is 0. The quantitative estimate of drug-likeness (QED) is 0.531. The third-order valence-electron chi connectivity index (χ3n) is 5.10. The lowest BCUT2D eigenvalue weighted by atomic mass is 9.94. The van der Waals surface area contributed by atoms with Crippen LogP contribution in [0, 0.1) is 5.82 Å². The van der Waals surface area contributed by atoms with E-state index in [1.165, 1.54) is 44.7 Å². The Morgan fingerprint density at radius 1 is 1.12 bits per heavy atom. The van der Waals surface area contributed by atoms with Crippen molar-refractivity contribution in [1.82, 2.24) is 0 Å². The highest BCUT2D eigenvalue weighted by molar-refractivity contribution is 6.31. The highest BCUT2D eigenvalue weighted by atomic mass is 35.5. The summed E-state index contributed by atoms with van der Waals surface area (Å²) in [6.07, 6.45) is 1.31. The number of carbonyl (C=O) groups excluding carboxylic acids is 2. The number of ketones is 1. The lowest BCUT2D eigenvalue weighted by molar-refractivity contribution is -0.117. The van der Waals surface area contributed by atoms with Crippen LogP contribution in [0.5, 0.6) is 11.5 Å². The van der Waals surface area contributed by atoms with E-state index >= 15 is 0 Å². The average Bonchev–Trinajstić information content (AvgIpc) is 3.42. The number of anilines is 1. The van der Waals surface area contributed by atoms with Crippen molar-refractivity contribution in [2.75, 3.05) is 19.1 Å². The van der Waals surface area contributed by atoms with E-state index in [9.17, 15) is 19.1 Å². The number of ether oxygens (including phenoxy) is 2. The number of methoxy groups -OCH3 is 2. The number of halogens is 2. The fourth-order valence-corrected chi connectivity index (χ4v) is 3.79. The van der Waals surface area contributed by atoms with Crippen molar-refractivity contribution in [3.8, 4) is 11.5 Å². The van der Waals surface area contributed by atoms with E-state index < -0.39 is 29.3 Å². The van der Waals surface area contributed by atoms with Crippen LogP contribution in [-0.2, 0) is 4.79 Å². The molecular formula is C23H17ClFNO6. The van der Waals surface area contributed by atoms with Gasteiger partial charge in [0.15, 0.2) is 23.0 Å². The molecule has 1 atom stereocenters. The van der Waals surface area contributed by atoms with Gasteiger partial charge in [-0.15, -0.1) is 0 Å². The highest BCUT2D eigenvalue weighted by Gasteiger charge is 2.45. The van der Waals surface area contributed by atoms with Gasteiger partial charge in [-0.2, -0.15) is 0 Å². The summed E-state index contributed by atoms with van der Waals surface area (Å²) in [5.74, 6) is -2.20. The first-order chi connectivity index (χ1) is 15.4. The minimum atomic E-state index is -1.07. The number of aliphatic hydroxyl groups excluding tert-OH is 1. The fourth-order valence-electron chi connectivity index (χ4n) is 3.62. The van der Waals surface area contributed by atoms with Gasteiger partial charge in [-0.3, -0.25) is 14.5 Å². The zero-order valence-electron chi connectivity index (χ0n) is 17.0. The predicted molar refractivity (Wildman–Crippen MR) is 114 cm³/mol. The number of hydrogen-bond donors (Lipinski definition) is 1. The number of rotatable bonds is 6. The SMILES string of the molecule is COc1ccc(C2C(C(=O)c3ccco3)=C(O)C(=O)N2c2ccc(F)c(Cl)c2)cc1OC. The molecule has 2 aromatic carbocycles. The summed E-state index contributed by atoms with van der Waals surface area (Å²) in [4.78, 5) is 27.4. The number of Topliss-reactive ketones (excluding diaryl/α,β-unsaturated/α-hetero) is 1. The van der Waals surface area contributed by atoms with Crippen molar-refractivity contribution >= 4 is 29.0 Å². The van der Waals surface area contributed by atoms with Crippen molar-refractivity contribution in [1.29, 1.82) is 0 Å². The average molecular weight is 458 g/mol. The smallest absolute Gasteiger partial charge is 0.294 e. The molecule has 164 valence electrons. The topological polar surface area (TPSA) is 89.2 Å². The Morgan fingerprint density at radius 2 is 1.88 bits per heavy atom. The molecule has 0 aliphatic carbocycles. The van der Waals surface area contributed by atoms with Gasteiger partial charge in [0.1, 0.15) is 5.82 Å². The Hall–Kier alpha value is -3.78. The van der Waals surface area contributed by atoms with Crippen LogP contribution in [0.15, 0.2) is 70.5 Å². The number of nitrogens with zero attached hydrogens (tertiary/aromatic N) is 1. The van der Waals surface area contributed by atoms with Crippen LogP contribution < -0.4 is 14.4 Å². The van der Waals surface area contributed by atoms with E-state index in [1.807, 2.05) is 0 Å². The number of benzene rings is 2. The Balaban J connectivity index is 1.92. The second-order valence-corrected chi connectivity index (χ2v) is 7.27. The van der Waals surface area contributed by atoms with Gasteiger partial charge in [-0.05, 0) is 48.0 Å². The van der Waals surface area contributed by atoms with Gasteiger partial charge in [-0.1, -0.05) is 17.7 Å². The number of furan rings is 1. The zero-order valence-corrected chi connectivity index (χ0v) is 17.7. The van der Waals surface area contributed by atoms with Crippen LogP contribution in [0.4, 0.5) is 10.1 Å². The van der Waals surface area contributed by atoms with Gasteiger partial charge in [-0.25, -0.2) is 4.39 Å². The molecule has 1 aromatic heterocycles. The van der Waals surface area contributed by atoms with Crippen molar-refractivity contribution in [2.24, 2.45) is 0 Å². The monoisotopic (exact) mass is 457 g/mol. The maximum atomic E-state index is 13.8. The zero-order chi connectivity index (χ0) is 23.0. The molecule has 0 spiro atoms. The van der Waals surface area contributed by atoms with Crippen LogP contribution in [0.2, 0.25) is 5.02 Å². The van der Waals surface area contributed by atoms with E-state index in [-0.39, 0.29) is 22.0 Å². The molecule has 7 nitrogen and oxygen atoms in total. The van der Waals surface area contributed by atoms with Gasteiger partial charge in [0.2, 0.25) is 5.78 Å². The van der Waals surface area contributed by atoms with Gasteiger partial charge in [0.25, 0.3) is 5.91 Å². The molecule has 0 fully saturated rings. The number of carbonyl (C=O) groups is 2. The first-order valence-electron chi connectivity index (χ1n) is 9.39. The lowest BCUT2D eigenvalue weighted by Gasteiger charge is -2.27. The third kappa shape index (κ3) is 3.48. The standard InChI is InChI=1S/C23H17ClFNO6/c1-30-16-8-5-12(10-18(16)31-2)20-19(21(27)17-4-3-9-32-17)22(28)23(29)26(20)13-6-7-15(25)14(24)11-13/h3-11,20,28H,1-2H3. The molecule has 1 aliphatic heterocycles. The van der Waals surface area contributed by atoms with E-state index in [2.05, 4.69) is 0 Å². The number of amides is 1. The summed E-state index contributed by atoms with van der Waals surface area (Å²) in [5.41, 5.74) is 0.433. The van der Waals surface area contributed by atoms with Crippen molar-refractivity contribution in [3.05, 3.63) is 88.3 Å². The molecule has 0 saturated heterocycles. The molecule has 1 unspecified atom stereocenters. The van der Waals surface area contributed by atoms with Crippen molar-refractivity contribution in [2.45, 2.75) is 6.04 Å². The van der Waals surface area contributed by atoms with Gasteiger partial charge >= 0.3 is 0 Å². The minimum absolute atomic E-state index is 0.0520. The molecule has 4 rings (SSSR count). The summed E-state index contributed by atoms with van der Waals surface area (Å²) in [7, 11) is 2.92. The molecule has 9 heteroatoms. The largest absolute Gasteiger partial charge is 0.503 e. The molecule has 3 aromatic rings. The van der Waals surface area contributed by atoms with Crippen LogP contribution in [-0.4, -0.2) is 31.0 Å². The second-order valence-electron chi connectivity index (χ2n) is 6.86. The first-order valence-corrected chi connectivity index (χ1v) is 9.77. The molecule has 0 radical (unpaired) electrons. The summed E-state index contributed by atoms with van der Waals surface area (Å²) in [5, 5.41) is 10.5. The third-order valence-corrected chi connectivity index (χ3v) is 5.39. The lowest BCUT2D eigenvalue weighted by Crippen LogP contribution is -2.31. The second kappa shape index (κ2) is 8.39.